The van der Waals surface area contributed by atoms with E-state index in [4.69, 9.17) is 5.73 Å². The van der Waals surface area contributed by atoms with Crippen molar-refractivity contribution in [2.24, 2.45) is 5.73 Å². The second kappa shape index (κ2) is 5.11. The molecule has 0 aliphatic rings. The van der Waals surface area contributed by atoms with Gasteiger partial charge >= 0.3 is 0 Å². The lowest BCUT2D eigenvalue weighted by Crippen LogP contribution is -2.15. The minimum Gasteiger partial charge on any atom is -0.324 e. The zero-order valence-corrected chi connectivity index (χ0v) is 9.86. The summed E-state index contributed by atoms with van der Waals surface area (Å²) >= 11 is 0. The molecular formula is C15H16FN. The lowest BCUT2D eigenvalue weighted by Gasteiger charge is -2.13. The molecule has 2 N–H and O–H groups in total. The van der Waals surface area contributed by atoms with Crippen LogP contribution in [0.25, 0.3) is 0 Å². The van der Waals surface area contributed by atoms with Crippen LogP contribution in [0.1, 0.15) is 22.7 Å². The van der Waals surface area contributed by atoms with Gasteiger partial charge in [0.1, 0.15) is 5.82 Å². The van der Waals surface area contributed by atoms with E-state index in [9.17, 15) is 4.39 Å². The Morgan fingerprint density at radius 1 is 1.12 bits per heavy atom. The Bertz CT molecular complexity index is 494. The fourth-order valence-electron chi connectivity index (χ4n) is 1.93. The van der Waals surface area contributed by atoms with E-state index in [1.165, 1.54) is 6.07 Å². The van der Waals surface area contributed by atoms with E-state index in [1.807, 2.05) is 43.3 Å². The third kappa shape index (κ3) is 2.92. The van der Waals surface area contributed by atoms with Crippen LogP contribution in [0.2, 0.25) is 0 Å². The smallest absolute Gasteiger partial charge is 0.128 e. The predicted octanol–water partition coefficient (Wildman–Crippen LogP) is 3.38. The maximum Gasteiger partial charge on any atom is 0.128 e. The lowest BCUT2D eigenvalue weighted by molar-refractivity contribution is 0.579. The van der Waals surface area contributed by atoms with E-state index >= 15 is 0 Å². The third-order valence-electron chi connectivity index (χ3n) is 2.85. The molecule has 2 aromatic carbocycles. The van der Waals surface area contributed by atoms with Crippen molar-refractivity contribution in [1.82, 2.24) is 0 Å². The summed E-state index contributed by atoms with van der Waals surface area (Å²) in [5.41, 5.74) is 8.81. The molecule has 2 heteroatoms. The van der Waals surface area contributed by atoms with Gasteiger partial charge in [0, 0.05) is 11.6 Å². The van der Waals surface area contributed by atoms with E-state index < -0.39 is 0 Å². The molecule has 0 spiro atoms. The van der Waals surface area contributed by atoms with Gasteiger partial charge in [0.05, 0.1) is 0 Å². The molecule has 0 saturated heterocycles. The van der Waals surface area contributed by atoms with Gasteiger partial charge in [0.15, 0.2) is 0 Å². The first-order chi connectivity index (χ1) is 8.16. The molecule has 88 valence electrons. The van der Waals surface area contributed by atoms with Crippen LogP contribution in [0, 0.1) is 12.7 Å². The van der Waals surface area contributed by atoms with Crippen molar-refractivity contribution < 1.29 is 4.39 Å². The van der Waals surface area contributed by atoms with Gasteiger partial charge in [-0.3, -0.25) is 0 Å². The largest absolute Gasteiger partial charge is 0.324 e. The number of hydrogen-bond donors (Lipinski definition) is 1. The summed E-state index contributed by atoms with van der Waals surface area (Å²) in [6.07, 6.45) is 0.654. The van der Waals surface area contributed by atoms with Crippen LogP contribution >= 0.6 is 0 Å². The van der Waals surface area contributed by atoms with Crippen LogP contribution in [0.3, 0.4) is 0 Å². The molecule has 0 aromatic heterocycles. The van der Waals surface area contributed by atoms with E-state index in [0.29, 0.717) is 12.0 Å². The lowest BCUT2D eigenvalue weighted by atomic mass is 9.98. The molecule has 0 fully saturated rings. The average molecular weight is 229 g/mol. The summed E-state index contributed by atoms with van der Waals surface area (Å²) in [7, 11) is 0. The monoisotopic (exact) mass is 229 g/mol. The molecule has 0 aliphatic carbocycles. The third-order valence-corrected chi connectivity index (χ3v) is 2.85. The number of benzene rings is 2. The molecule has 0 amide bonds. The molecule has 0 radical (unpaired) electrons. The fourth-order valence-corrected chi connectivity index (χ4v) is 1.93. The molecule has 0 bridgehead atoms. The molecule has 1 nitrogen and oxygen atoms in total. The van der Waals surface area contributed by atoms with Crippen molar-refractivity contribution in [2.45, 2.75) is 19.4 Å². The summed E-state index contributed by atoms with van der Waals surface area (Å²) in [6, 6.07) is 14.7. The standard InChI is InChI=1S/C15H16FN/c1-11-7-8-14(16)13(9-11)15(17)10-12-5-3-2-4-6-12/h2-9,15H,10,17H2,1H3. The Kier molecular flexibility index (Phi) is 3.55. The van der Waals surface area contributed by atoms with Gasteiger partial charge in [-0.05, 0) is 25.0 Å². The molecule has 0 aliphatic heterocycles. The maximum atomic E-state index is 13.6. The van der Waals surface area contributed by atoms with Gasteiger partial charge in [0.2, 0.25) is 0 Å². The Morgan fingerprint density at radius 3 is 2.53 bits per heavy atom. The normalized spacial score (nSPS) is 12.4. The van der Waals surface area contributed by atoms with Gasteiger partial charge in [0.25, 0.3) is 0 Å². The number of hydrogen-bond acceptors (Lipinski definition) is 1. The van der Waals surface area contributed by atoms with Crippen molar-refractivity contribution >= 4 is 0 Å². The molecule has 2 rings (SSSR count). The van der Waals surface area contributed by atoms with Crippen LogP contribution in [0.5, 0.6) is 0 Å². The highest BCUT2D eigenvalue weighted by atomic mass is 19.1. The molecule has 1 unspecified atom stereocenters. The Balaban J connectivity index is 2.20. The van der Waals surface area contributed by atoms with Crippen LogP contribution in [0.4, 0.5) is 4.39 Å². The Morgan fingerprint density at radius 2 is 1.82 bits per heavy atom. The fraction of sp³-hybridized carbons (Fsp3) is 0.200. The molecule has 2 aromatic rings. The van der Waals surface area contributed by atoms with E-state index in [1.54, 1.807) is 6.07 Å². The maximum absolute atomic E-state index is 13.6. The van der Waals surface area contributed by atoms with Crippen molar-refractivity contribution in [3.8, 4) is 0 Å². The summed E-state index contributed by atoms with van der Waals surface area (Å²) in [4.78, 5) is 0. The van der Waals surface area contributed by atoms with Crippen LogP contribution in [-0.2, 0) is 6.42 Å². The average Bonchev–Trinajstić information content (AvgIpc) is 2.33. The second-order valence-electron chi connectivity index (χ2n) is 4.32. The zero-order valence-electron chi connectivity index (χ0n) is 9.86. The Labute approximate surface area is 101 Å². The molecule has 17 heavy (non-hydrogen) atoms. The molecule has 1 atom stereocenters. The SMILES string of the molecule is Cc1ccc(F)c(C(N)Cc2ccccc2)c1. The summed E-state index contributed by atoms with van der Waals surface area (Å²) in [5.74, 6) is -0.223. The predicted molar refractivity (Wildman–Crippen MR) is 68.2 cm³/mol. The van der Waals surface area contributed by atoms with Crippen LogP contribution < -0.4 is 5.73 Å². The van der Waals surface area contributed by atoms with Gasteiger partial charge in [-0.25, -0.2) is 4.39 Å². The van der Waals surface area contributed by atoms with Crippen LogP contribution in [-0.4, -0.2) is 0 Å². The van der Waals surface area contributed by atoms with E-state index in [0.717, 1.165) is 11.1 Å². The van der Waals surface area contributed by atoms with E-state index in [2.05, 4.69) is 0 Å². The van der Waals surface area contributed by atoms with Gasteiger partial charge in [-0.2, -0.15) is 0 Å². The summed E-state index contributed by atoms with van der Waals surface area (Å²) in [5, 5.41) is 0. The molecular weight excluding hydrogens is 213 g/mol. The highest BCUT2D eigenvalue weighted by Gasteiger charge is 2.11. The van der Waals surface area contributed by atoms with Crippen molar-refractivity contribution in [2.75, 3.05) is 0 Å². The van der Waals surface area contributed by atoms with Gasteiger partial charge < -0.3 is 5.73 Å². The number of aryl methyl sites for hydroxylation is 1. The van der Waals surface area contributed by atoms with Crippen molar-refractivity contribution in [1.29, 1.82) is 0 Å². The minimum absolute atomic E-state index is 0.223. The summed E-state index contributed by atoms with van der Waals surface area (Å²) in [6.45, 7) is 1.94. The van der Waals surface area contributed by atoms with Gasteiger partial charge in [-0.1, -0.05) is 48.0 Å². The quantitative estimate of drug-likeness (QED) is 0.858. The molecule has 0 saturated carbocycles. The van der Waals surface area contributed by atoms with Crippen molar-refractivity contribution in [3.05, 3.63) is 71.0 Å². The first-order valence-corrected chi connectivity index (χ1v) is 5.72. The zero-order chi connectivity index (χ0) is 12.3. The topological polar surface area (TPSA) is 26.0 Å². The Hall–Kier alpha value is -1.67. The first-order valence-electron chi connectivity index (χ1n) is 5.72. The highest BCUT2D eigenvalue weighted by Crippen LogP contribution is 2.20. The van der Waals surface area contributed by atoms with Crippen LogP contribution in [0.15, 0.2) is 48.5 Å². The first kappa shape index (κ1) is 11.8. The van der Waals surface area contributed by atoms with Crippen molar-refractivity contribution in [3.63, 3.8) is 0 Å². The molecule has 0 heterocycles. The number of nitrogens with two attached hydrogens (primary N) is 1. The second-order valence-corrected chi connectivity index (χ2v) is 4.32. The number of halogens is 1. The minimum atomic E-state index is -0.294. The summed E-state index contributed by atoms with van der Waals surface area (Å²) < 4.78 is 13.6. The van der Waals surface area contributed by atoms with E-state index in [-0.39, 0.29) is 11.9 Å². The van der Waals surface area contributed by atoms with Gasteiger partial charge in [-0.15, -0.1) is 0 Å². The number of rotatable bonds is 3. The highest BCUT2D eigenvalue weighted by molar-refractivity contribution is 5.28.